The molecule has 1 saturated heterocycles. The first-order chi connectivity index (χ1) is 9.10. The molecule has 0 aromatic heterocycles. The summed E-state index contributed by atoms with van der Waals surface area (Å²) in [6, 6.07) is 6.54. The third-order valence-electron chi connectivity index (χ3n) is 4.01. The number of rotatable bonds is 4. The summed E-state index contributed by atoms with van der Waals surface area (Å²) in [4.78, 5) is 2.54. The van der Waals surface area contributed by atoms with Gasteiger partial charge in [0, 0.05) is 22.7 Å². The maximum atomic E-state index is 6.13. The summed E-state index contributed by atoms with van der Waals surface area (Å²) in [5, 5.41) is 4.35. The fraction of sp³-hybridized carbons (Fsp3) is 0.600. The van der Waals surface area contributed by atoms with Gasteiger partial charge in [-0.05, 0) is 72.9 Å². The molecule has 0 amide bonds. The van der Waals surface area contributed by atoms with E-state index in [4.69, 9.17) is 11.6 Å². The number of likely N-dealkylation sites (tertiary alicyclic amines) is 1. The van der Waals surface area contributed by atoms with Crippen LogP contribution in [-0.2, 0) is 0 Å². The molecule has 2 unspecified atom stereocenters. The molecule has 1 aliphatic heterocycles. The number of anilines is 1. The van der Waals surface area contributed by atoms with Crippen LogP contribution < -0.4 is 5.32 Å². The fourth-order valence-electron chi connectivity index (χ4n) is 2.75. The number of benzene rings is 1. The number of halogens is 2. The molecule has 4 heteroatoms. The van der Waals surface area contributed by atoms with Crippen molar-refractivity contribution in [2.45, 2.75) is 32.7 Å². The monoisotopic (exact) mass is 344 g/mol. The molecule has 0 radical (unpaired) electrons. The predicted molar refractivity (Wildman–Crippen MR) is 87.1 cm³/mol. The number of piperidine rings is 1. The van der Waals surface area contributed by atoms with Crippen molar-refractivity contribution >= 4 is 33.2 Å². The number of nitrogens with zero attached hydrogens (tertiary/aromatic N) is 1. The van der Waals surface area contributed by atoms with Gasteiger partial charge < -0.3 is 10.2 Å². The lowest BCUT2D eigenvalue weighted by atomic mass is 9.91. The average Bonchev–Trinajstić information content (AvgIpc) is 2.43. The van der Waals surface area contributed by atoms with Gasteiger partial charge in [-0.15, -0.1) is 0 Å². The van der Waals surface area contributed by atoms with Crippen LogP contribution in [0.25, 0.3) is 0 Å². The minimum absolute atomic E-state index is 0.478. The van der Waals surface area contributed by atoms with Crippen molar-refractivity contribution in [1.82, 2.24) is 4.90 Å². The topological polar surface area (TPSA) is 15.3 Å². The summed E-state index contributed by atoms with van der Waals surface area (Å²) in [7, 11) is 0. The second-order valence-electron chi connectivity index (χ2n) is 5.36. The van der Waals surface area contributed by atoms with Gasteiger partial charge in [0.2, 0.25) is 0 Å². The summed E-state index contributed by atoms with van der Waals surface area (Å²) in [6.45, 7) is 8.14. The van der Waals surface area contributed by atoms with Gasteiger partial charge in [0.15, 0.2) is 0 Å². The molecule has 1 fully saturated rings. The van der Waals surface area contributed by atoms with Crippen LogP contribution >= 0.6 is 27.5 Å². The molecule has 0 saturated carbocycles. The first-order valence-corrected chi connectivity index (χ1v) is 8.21. The Labute approximate surface area is 129 Å². The second-order valence-corrected chi connectivity index (χ2v) is 6.62. The normalized spacial score (nSPS) is 22.2. The van der Waals surface area contributed by atoms with E-state index in [9.17, 15) is 0 Å². The van der Waals surface area contributed by atoms with E-state index < -0.39 is 0 Å². The lowest BCUT2D eigenvalue weighted by Crippen LogP contribution is -2.41. The Kier molecular flexibility index (Phi) is 5.55. The molecule has 0 bridgehead atoms. The van der Waals surface area contributed by atoms with Crippen molar-refractivity contribution in [3.8, 4) is 0 Å². The number of hydrogen-bond donors (Lipinski definition) is 1. The summed E-state index contributed by atoms with van der Waals surface area (Å²) in [5.74, 6) is 0.719. The lowest BCUT2D eigenvalue weighted by molar-refractivity contribution is 0.172. The Balaban J connectivity index is 1.96. The van der Waals surface area contributed by atoms with E-state index in [1.165, 1.54) is 25.9 Å². The highest BCUT2D eigenvalue weighted by atomic mass is 79.9. The van der Waals surface area contributed by atoms with E-state index in [0.29, 0.717) is 6.04 Å². The molecule has 0 spiro atoms. The standard InChI is InChI=1S/C15H22BrClN2/c1-3-19-8-4-5-12(10-19)11(2)18-13-6-7-14(16)15(17)9-13/h6-7,9,11-12,18H,3-5,8,10H2,1-2H3. The maximum Gasteiger partial charge on any atom is 0.0568 e. The highest BCUT2D eigenvalue weighted by Crippen LogP contribution is 2.27. The van der Waals surface area contributed by atoms with Crippen LogP contribution in [-0.4, -0.2) is 30.6 Å². The fourth-order valence-corrected chi connectivity index (χ4v) is 3.18. The van der Waals surface area contributed by atoms with Crippen LogP contribution in [0.1, 0.15) is 26.7 Å². The zero-order valence-electron chi connectivity index (χ0n) is 11.6. The summed E-state index contributed by atoms with van der Waals surface area (Å²) in [6.07, 6.45) is 2.63. The van der Waals surface area contributed by atoms with Crippen LogP contribution in [0.4, 0.5) is 5.69 Å². The molecule has 1 aromatic carbocycles. The smallest absolute Gasteiger partial charge is 0.0568 e. The third-order valence-corrected chi connectivity index (χ3v) is 5.24. The van der Waals surface area contributed by atoms with Crippen LogP contribution in [0.15, 0.2) is 22.7 Å². The zero-order valence-corrected chi connectivity index (χ0v) is 14.0. The first-order valence-electron chi connectivity index (χ1n) is 7.04. The lowest BCUT2D eigenvalue weighted by Gasteiger charge is -2.35. The van der Waals surface area contributed by atoms with Gasteiger partial charge in [-0.25, -0.2) is 0 Å². The van der Waals surface area contributed by atoms with Crippen molar-refractivity contribution in [3.05, 3.63) is 27.7 Å². The molecule has 2 nitrogen and oxygen atoms in total. The van der Waals surface area contributed by atoms with Gasteiger partial charge in [-0.2, -0.15) is 0 Å². The molecule has 1 heterocycles. The Morgan fingerprint density at radius 2 is 2.32 bits per heavy atom. The molecule has 0 aliphatic carbocycles. The Morgan fingerprint density at radius 3 is 3.00 bits per heavy atom. The predicted octanol–water partition coefficient (Wildman–Crippen LogP) is 4.63. The van der Waals surface area contributed by atoms with E-state index in [2.05, 4.69) is 46.1 Å². The summed E-state index contributed by atoms with van der Waals surface area (Å²) in [5.41, 5.74) is 1.11. The van der Waals surface area contributed by atoms with Crippen molar-refractivity contribution in [3.63, 3.8) is 0 Å². The first kappa shape index (κ1) is 15.1. The maximum absolute atomic E-state index is 6.13. The minimum atomic E-state index is 0.478. The average molecular weight is 346 g/mol. The second kappa shape index (κ2) is 6.96. The Morgan fingerprint density at radius 1 is 1.53 bits per heavy atom. The molecule has 1 N–H and O–H groups in total. The van der Waals surface area contributed by atoms with E-state index in [-0.39, 0.29) is 0 Å². The highest BCUT2D eigenvalue weighted by Gasteiger charge is 2.23. The zero-order chi connectivity index (χ0) is 13.8. The van der Waals surface area contributed by atoms with E-state index in [1.807, 2.05) is 12.1 Å². The van der Waals surface area contributed by atoms with Gasteiger partial charge >= 0.3 is 0 Å². The minimum Gasteiger partial charge on any atom is -0.382 e. The molecule has 1 aromatic rings. The molecule has 1 aliphatic rings. The van der Waals surface area contributed by atoms with Crippen LogP contribution in [0, 0.1) is 5.92 Å². The molecule has 19 heavy (non-hydrogen) atoms. The van der Waals surface area contributed by atoms with Crippen molar-refractivity contribution in [1.29, 1.82) is 0 Å². The Bertz CT molecular complexity index is 425. The number of hydrogen-bond acceptors (Lipinski definition) is 2. The van der Waals surface area contributed by atoms with Crippen molar-refractivity contribution in [2.75, 3.05) is 25.0 Å². The van der Waals surface area contributed by atoms with Crippen LogP contribution in [0.3, 0.4) is 0 Å². The van der Waals surface area contributed by atoms with Gasteiger partial charge in [0.1, 0.15) is 0 Å². The van der Waals surface area contributed by atoms with Crippen LogP contribution in [0.2, 0.25) is 5.02 Å². The SMILES string of the molecule is CCN1CCCC(C(C)Nc2ccc(Br)c(Cl)c2)C1. The number of nitrogens with one attached hydrogen (secondary N) is 1. The van der Waals surface area contributed by atoms with Crippen LogP contribution in [0.5, 0.6) is 0 Å². The van der Waals surface area contributed by atoms with E-state index in [0.717, 1.165) is 27.6 Å². The van der Waals surface area contributed by atoms with Gasteiger partial charge in [0.05, 0.1) is 5.02 Å². The Hall–Kier alpha value is -0.250. The van der Waals surface area contributed by atoms with Gasteiger partial charge in [-0.3, -0.25) is 0 Å². The molecule has 2 atom stereocenters. The largest absolute Gasteiger partial charge is 0.382 e. The molecular formula is C15H22BrClN2. The summed E-state index contributed by atoms with van der Waals surface area (Å²) < 4.78 is 0.946. The molecular weight excluding hydrogens is 324 g/mol. The van der Waals surface area contributed by atoms with Crippen molar-refractivity contribution in [2.24, 2.45) is 5.92 Å². The summed E-state index contributed by atoms with van der Waals surface area (Å²) >= 11 is 9.56. The van der Waals surface area contributed by atoms with Gasteiger partial charge in [0.25, 0.3) is 0 Å². The molecule has 106 valence electrons. The van der Waals surface area contributed by atoms with E-state index in [1.54, 1.807) is 0 Å². The quantitative estimate of drug-likeness (QED) is 0.855. The third kappa shape index (κ3) is 4.11. The van der Waals surface area contributed by atoms with Crippen molar-refractivity contribution < 1.29 is 0 Å². The van der Waals surface area contributed by atoms with E-state index >= 15 is 0 Å². The van der Waals surface area contributed by atoms with Gasteiger partial charge in [-0.1, -0.05) is 18.5 Å². The highest BCUT2D eigenvalue weighted by molar-refractivity contribution is 9.10. The molecule has 2 rings (SSSR count).